The summed E-state index contributed by atoms with van der Waals surface area (Å²) in [7, 11) is 0. The summed E-state index contributed by atoms with van der Waals surface area (Å²) in [5.74, 6) is 1.06. The van der Waals surface area contributed by atoms with Crippen LogP contribution in [-0.2, 0) is 13.0 Å². The molecule has 0 aromatic heterocycles. The summed E-state index contributed by atoms with van der Waals surface area (Å²) < 4.78 is 5.50. The minimum Gasteiger partial charge on any atom is -0.493 e. The maximum absolute atomic E-state index is 5.50. The number of benzene rings is 1. The summed E-state index contributed by atoms with van der Waals surface area (Å²) in [6.45, 7) is 8.15. The molecular formula is C14H22N2O. The van der Waals surface area contributed by atoms with E-state index in [1.54, 1.807) is 0 Å². The van der Waals surface area contributed by atoms with E-state index in [0.29, 0.717) is 6.04 Å². The van der Waals surface area contributed by atoms with Gasteiger partial charge in [0.1, 0.15) is 5.75 Å². The van der Waals surface area contributed by atoms with Crippen molar-refractivity contribution in [2.75, 3.05) is 19.7 Å². The number of likely N-dealkylation sites (N-methyl/N-ethyl adjacent to an activating group) is 1. The van der Waals surface area contributed by atoms with E-state index in [9.17, 15) is 0 Å². The first-order valence-electron chi connectivity index (χ1n) is 6.48. The molecule has 0 radical (unpaired) electrons. The van der Waals surface area contributed by atoms with Gasteiger partial charge in [0.2, 0.25) is 0 Å². The van der Waals surface area contributed by atoms with Crippen LogP contribution in [0.4, 0.5) is 0 Å². The largest absolute Gasteiger partial charge is 0.493 e. The normalized spacial score (nSPS) is 15.4. The van der Waals surface area contributed by atoms with Crippen molar-refractivity contribution in [3.63, 3.8) is 0 Å². The molecule has 3 nitrogen and oxygen atoms in total. The van der Waals surface area contributed by atoms with Crippen LogP contribution in [0.1, 0.15) is 25.0 Å². The third kappa shape index (κ3) is 3.45. The van der Waals surface area contributed by atoms with Crippen LogP contribution in [0, 0.1) is 0 Å². The molecule has 2 rings (SSSR count). The molecule has 1 atom stereocenters. The Balaban J connectivity index is 1.83. The molecule has 1 aliphatic heterocycles. The third-order valence-electron chi connectivity index (χ3n) is 3.11. The highest BCUT2D eigenvalue weighted by Gasteiger charge is 2.11. The first-order chi connectivity index (χ1) is 8.29. The zero-order valence-electron chi connectivity index (χ0n) is 10.8. The summed E-state index contributed by atoms with van der Waals surface area (Å²) in [5.41, 5.74) is 2.70. The van der Waals surface area contributed by atoms with E-state index in [2.05, 4.69) is 42.7 Å². The summed E-state index contributed by atoms with van der Waals surface area (Å²) >= 11 is 0. The fraction of sp³-hybridized carbons (Fsp3) is 0.571. The van der Waals surface area contributed by atoms with E-state index in [4.69, 9.17) is 4.74 Å². The fourth-order valence-corrected chi connectivity index (χ4v) is 2.07. The van der Waals surface area contributed by atoms with Gasteiger partial charge in [0.15, 0.2) is 0 Å². The molecule has 1 aliphatic rings. The summed E-state index contributed by atoms with van der Waals surface area (Å²) in [6, 6.07) is 7.00. The van der Waals surface area contributed by atoms with Gasteiger partial charge in [-0.25, -0.2) is 0 Å². The van der Waals surface area contributed by atoms with Crippen LogP contribution in [0.2, 0.25) is 0 Å². The van der Waals surface area contributed by atoms with Crippen LogP contribution in [0.15, 0.2) is 18.2 Å². The van der Waals surface area contributed by atoms with Gasteiger partial charge in [0, 0.05) is 25.6 Å². The van der Waals surface area contributed by atoms with Crippen molar-refractivity contribution < 1.29 is 4.74 Å². The second kappa shape index (κ2) is 6.03. The highest BCUT2D eigenvalue weighted by Crippen LogP contribution is 2.25. The maximum atomic E-state index is 5.50. The van der Waals surface area contributed by atoms with E-state index >= 15 is 0 Å². The molecule has 1 aromatic carbocycles. The standard InChI is InChI=1S/C14H22N2O/c1-3-15-9-11(2)16-10-12-4-5-14-13(8-12)6-7-17-14/h4-5,8,11,15-16H,3,6-7,9-10H2,1-2H3. The average molecular weight is 234 g/mol. The van der Waals surface area contributed by atoms with E-state index in [-0.39, 0.29) is 0 Å². The molecule has 0 bridgehead atoms. The second-order valence-corrected chi connectivity index (χ2v) is 4.63. The van der Waals surface area contributed by atoms with E-state index in [0.717, 1.165) is 38.4 Å². The maximum Gasteiger partial charge on any atom is 0.122 e. The van der Waals surface area contributed by atoms with Gasteiger partial charge < -0.3 is 15.4 Å². The van der Waals surface area contributed by atoms with Crippen molar-refractivity contribution in [3.05, 3.63) is 29.3 Å². The third-order valence-corrected chi connectivity index (χ3v) is 3.11. The van der Waals surface area contributed by atoms with Gasteiger partial charge in [-0.05, 0) is 30.7 Å². The predicted octanol–water partition coefficient (Wildman–Crippen LogP) is 1.71. The first kappa shape index (κ1) is 12.4. The topological polar surface area (TPSA) is 33.3 Å². The van der Waals surface area contributed by atoms with Crippen molar-refractivity contribution in [1.29, 1.82) is 0 Å². The van der Waals surface area contributed by atoms with Gasteiger partial charge in [-0.1, -0.05) is 19.1 Å². The van der Waals surface area contributed by atoms with Gasteiger partial charge in [0.05, 0.1) is 6.61 Å². The SMILES string of the molecule is CCNCC(C)NCc1ccc2c(c1)CCO2. The molecule has 17 heavy (non-hydrogen) atoms. The van der Waals surface area contributed by atoms with Gasteiger partial charge in [-0.15, -0.1) is 0 Å². The highest BCUT2D eigenvalue weighted by atomic mass is 16.5. The van der Waals surface area contributed by atoms with Crippen LogP contribution >= 0.6 is 0 Å². The molecule has 3 heteroatoms. The molecule has 0 fully saturated rings. The van der Waals surface area contributed by atoms with Gasteiger partial charge in [-0.2, -0.15) is 0 Å². The minimum atomic E-state index is 0.499. The Morgan fingerprint density at radius 2 is 2.29 bits per heavy atom. The molecule has 0 spiro atoms. The van der Waals surface area contributed by atoms with Gasteiger partial charge in [-0.3, -0.25) is 0 Å². The highest BCUT2D eigenvalue weighted by molar-refractivity contribution is 5.39. The number of fused-ring (bicyclic) bond motifs is 1. The van der Waals surface area contributed by atoms with Crippen molar-refractivity contribution in [2.24, 2.45) is 0 Å². The minimum absolute atomic E-state index is 0.499. The van der Waals surface area contributed by atoms with Crippen LogP contribution in [0.25, 0.3) is 0 Å². The second-order valence-electron chi connectivity index (χ2n) is 4.63. The van der Waals surface area contributed by atoms with Crippen molar-refractivity contribution >= 4 is 0 Å². The monoisotopic (exact) mass is 234 g/mol. The molecule has 0 saturated heterocycles. The first-order valence-corrected chi connectivity index (χ1v) is 6.48. The predicted molar refractivity (Wildman–Crippen MR) is 70.5 cm³/mol. The fourth-order valence-electron chi connectivity index (χ4n) is 2.07. The lowest BCUT2D eigenvalue weighted by molar-refractivity contribution is 0.357. The molecule has 1 aromatic rings. The van der Waals surface area contributed by atoms with Gasteiger partial charge in [0.25, 0.3) is 0 Å². The lowest BCUT2D eigenvalue weighted by atomic mass is 10.1. The molecule has 0 amide bonds. The molecule has 0 aliphatic carbocycles. The Morgan fingerprint density at radius 1 is 1.41 bits per heavy atom. The van der Waals surface area contributed by atoms with Crippen LogP contribution in [0.3, 0.4) is 0 Å². The average Bonchev–Trinajstić information content (AvgIpc) is 2.81. The Kier molecular flexibility index (Phi) is 4.40. The summed E-state index contributed by atoms with van der Waals surface area (Å²) in [4.78, 5) is 0. The van der Waals surface area contributed by atoms with Crippen molar-refractivity contribution in [2.45, 2.75) is 32.9 Å². The van der Waals surface area contributed by atoms with Crippen LogP contribution in [0.5, 0.6) is 5.75 Å². The molecular weight excluding hydrogens is 212 g/mol. The number of rotatable bonds is 6. The summed E-state index contributed by atoms with van der Waals surface area (Å²) in [5, 5.41) is 6.87. The molecule has 1 heterocycles. The number of nitrogens with one attached hydrogen (secondary N) is 2. The van der Waals surface area contributed by atoms with Crippen molar-refractivity contribution in [1.82, 2.24) is 10.6 Å². The zero-order valence-corrected chi connectivity index (χ0v) is 10.8. The van der Waals surface area contributed by atoms with E-state index < -0.39 is 0 Å². The van der Waals surface area contributed by atoms with E-state index in [1.807, 2.05) is 0 Å². The number of hydrogen-bond donors (Lipinski definition) is 2. The Labute approximate surface area is 104 Å². The van der Waals surface area contributed by atoms with Crippen molar-refractivity contribution in [3.8, 4) is 5.75 Å². The van der Waals surface area contributed by atoms with Gasteiger partial charge >= 0.3 is 0 Å². The smallest absolute Gasteiger partial charge is 0.122 e. The summed E-state index contributed by atoms with van der Waals surface area (Å²) in [6.07, 6.45) is 1.05. The quantitative estimate of drug-likeness (QED) is 0.786. The lowest BCUT2D eigenvalue weighted by Gasteiger charge is -2.14. The Morgan fingerprint density at radius 3 is 3.12 bits per heavy atom. The Bertz CT molecular complexity index is 365. The number of ether oxygens (including phenoxy) is 1. The van der Waals surface area contributed by atoms with E-state index in [1.165, 1.54) is 11.1 Å². The molecule has 1 unspecified atom stereocenters. The molecule has 94 valence electrons. The number of hydrogen-bond acceptors (Lipinski definition) is 3. The molecule has 2 N–H and O–H groups in total. The zero-order chi connectivity index (χ0) is 12.1. The Hall–Kier alpha value is -1.06. The van der Waals surface area contributed by atoms with Crippen LogP contribution in [-0.4, -0.2) is 25.7 Å². The lowest BCUT2D eigenvalue weighted by Crippen LogP contribution is -2.35. The molecule has 0 saturated carbocycles. The van der Waals surface area contributed by atoms with Crippen LogP contribution < -0.4 is 15.4 Å².